The molecule has 0 fully saturated rings. The van der Waals surface area contributed by atoms with Gasteiger partial charge >= 0.3 is 0 Å². The first-order valence-corrected chi connectivity index (χ1v) is 6.04. The van der Waals surface area contributed by atoms with Crippen LogP contribution in [0.5, 0.6) is 0 Å². The normalized spacial score (nSPS) is 14.5. The summed E-state index contributed by atoms with van der Waals surface area (Å²) < 4.78 is 0. The lowest BCUT2D eigenvalue weighted by Crippen LogP contribution is -2.24. The molecule has 0 amide bonds. The van der Waals surface area contributed by atoms with Crippen LogP contribution in [0.15, 0.2) is 23.3 Å². The number of rotatable bonds is 3. The highest BCUT2D eigenvalue weighted by molar-refractivity contribution is 6.45. The molecule has 98 valence electrons. The van der Waals surface area contributed by atoms with E-state index < -0.39 is 0 Å². The summed E-state index contributed by atoms with van der Waals surface area (Å²) in [4.78, 5) is 2.20. The number of hydrazone groups is 1. The van der Waals surface area contributed by atoms with E-state index >= 15 is 0 Å². The monoisotopic (exact) mass is 256 g/mol. The van der Waals surface area contributed by atoms with Crippen molar-refractivity contribution in [1.82, 2.24) is 0 Å². The fraction of sp³-hybridized carbons (Fsp3) is 0.308. The van der Waals surface area contributed by atoms with Crippen LogP contribution in [0.1, 0.15) is 12.0 Å². The van der Waals surface area contributed by atoms with Crippen molar-refractivity contribution in [3.8, 4) is 6.07 Å². The third kappa shape index (κ3) is 2.83. The number of amidine groups is 1. The minimum absolute atomic E-state index is 0.119. The van der Waals surface area contributed by atoms with Crippen LogP contribution in [0.2, 0.25) is 0 Å². The van der Waals surface area contributed by atoms with Crippen molar-refractivity contribution in [3.63, 3.8) is 0 Å². The van der Waals surface area contributed by atoms with E-state index in [0.29, 0.717) is 0 Å². The molecule has 0 aromatic heterocycles. The Labute approximate surface area is 112 Å². The van der Waals surface area contributed by atoms with Crippen molar-refractivity contribution < 1.29 is 0 Å². The zero-order valence-corrected chi connectivity index (χ0v) is 10.8. The van der Waals surface area contributed by atoms with Crippen LogP contribution >= 0.6 is 0 Å². The summed E-state index contributed by atoms with van der Waals surface area (Å²) in [5.74, 6) is -0.343. The largest absolute Gasteiger partial charge is 0.382 e. The first-order chi connectivity index (χ1) is 9.11. The summed E-state index contributed by atoms with van der Waals surface area (Å²) in [6.45, 7) is 1.04. The van der Waals surface area contributed by atoms with Gasteiger partial charge in [-0.25, -0.2) is 0 Å². The average molecular weight is 256 g/mol. The highest BCUT2D eigenvalue weighted by Gasteiger charge is 2.13. The van der Waals surface area contributed by atoms with E-state index in [0.717, 1.165) is 25.1 Å². The zero-order valence-electron chi connectivity index (χ0n) is 10.8. The van der Waals surface area contributed by atoms with Gasteiger partial charge in [-0.3, -0.25) is 10.8 Å². The number of nitrogens with zero attached hydrogens (tertiary/aromatic N) is 3. The van der Waals surface area contributed by atoms with Crippen LogP contribution in [0.3, 0.4) is 0 Å². The Kier molecular flexibility index (Phi) is 3.66. The molecule has 1 aliphatic rings. The second-order valence-electron chi connectivity index (χ2n) is 4.47. The van der Waals surface area contributed by atoms with Gasteiger partial charge in [-0.2, -0.15) is 10.4 Å². The van der Waals surface area contributed by atoms with E-state index in [2.05, 4.69) is 28.5 Å². The third-order valence-electron chi connectivity index (χ3n) is 3.09. The van der Waals surface area contributed by atoms with Crippen molar-refractivity contribution in [2.24, 2.45) is 10.8 Å². The van der Waals surface area contributed by atoms with Crippen molar-refractivity contribution in [1.29, 1.82) is 10.7 Å². The molecule has 4 N–H and O–H groups in total. The average Bonchev–Trinajstić information content (AvgIpc) is 2.40. The fourth-order valence-electron chi connectivity index (χ4n) is 2.09. The molecule has 19 heavy (non-hydrogen) atoms. The Hall–Kier alpha value is -2.55. The van der Waals surface area contributed by atoms with Gasteiger partial charge in [0.25, 0.3) is 0 Å². The Morgan fingerprint density at radius 3 is 3.05 bits per heavy atom. The van der Waals surface area contributed by atoms with E-state index in [-0.39, 0.29) is 11.5 Å². The van der Waals surface area contributed by atoms with E-state index in [1.807, 2.05) is 12.1 Å². The van der Waals surface area contributed by atoms with Crippen LogP contribution in [-0.4, -0.2) is 25.1 Å². The quantitative estimate of drug-likeness (QED) is 0.431. The maximum Gasteiger partial charge on any atom is 0.201 e. The Bertz CT molecular complexity index is 569. The van der Waals surface area contributed by atoms with Crippen molar-refractivity contribution >= 4 is 22.9 Å². The van der Waals surface area contributed by atoms with E-state index in [4.69, 9.17) is 16.4 Å². The van der Waals surface area contributed by atoms with E-state index in [1.54, 1.807) is 6.07 Å². The summed E-state index contributed by atoms with van der Waals surface area (Å²) in [5, 5.41) is 19.8. The van der Waals surface area contributed by atoms with E-state index in [9.17, 15) is 0 Å². The SMILES string of the molecule is CN1CCCc2ccc(N/N=C(\C#N)C(=N)N)cc21. The van der Waals surface area contributed by atoms with Gasteiger partial charge in [-0.15, -0.1) is 0 Å². The number of benzene rings is 1. The van der Waals surface area contributed by atoms with Gasteiger partial charge in [0.2, 0.25) is 5.71 Å². The first kappa shape index (κ1) is 12.9. The summed E-state index contributed by atoms with van der Waals surface area (Å²) in [5.41, 5.74) is 11.1. The molecule has 0 aliphatic carbocycles. The Morgan fingerprint density at radius 1 is 1.58 bits per heavy atom. The van der Waals surface area contributed by atoms with Gasteiger partial charge in [0, 0.05) is 19.3 Å². The van der Waals surface area contributed by atoms with Gasteiger partial charge < -0.3 is 10.6 Å². The minimum Gasteiger partial charge on any atom is -0.382 e. The standard InChI is InChI=1S/C13H16N6/c1-19-6-2-3-9-4-5-10(7-12(9)19)17-18-11(8-14)13(15)16/h4-5,7,17H,2-3,6H2,1H3,(H3,15,16)/b18-11+. The number of hydrogen-bond donors (Lipinski definition) is 3. The molecule has 0 atom stereocenters. The van der Waals surface area contributed by atoms with Crippen LogP contribution in [0.25, 0.3) is 0 Å². The van der Waals surface area contributed by atoms with Gasteiger partial charge in [0.15, 0.2) is 5.84 Å². The molecular formula is C13H16N6. The highest BCUT2D eigenvalue weighted by Crippen LogP contribution is 2.28. The topological polar surface area (TPSA) is 101 Å². The molecule has 6 nitrogen and oxygen atoms in total. The first-order valence-electron chi connectivity index (χ1n) is 6.04. The van der Waals surface area contributed by atoms with Gasteiger partial charge in [0.1, 0.15) is 6.07 Å². The predicted molar refractivity (Wildman–Crippen MR) is 76.6 cm³/mol. The molecule has 0 saturated carbocycles. The number of anilines is 2. The molecule has 1 aromatic rings. The van der Waals surface area contributed by atoms with Gasteiger partial charge in [-0.05, 0) is 30.5 Å². The molecule has 0 unspecified atom stereocenters. The molecule has 0 radical (unpaired) electrons. The molecular weight excluding hydrogens is 240 g/mol. The zero-order chi connectivity index (χ0) is 13.8. The van der Waals surface area contributed by atoms with Gasteiger partial charge in [0.05, 0.1) is 5.69 Å². The highest BCUT2D eigenvalue weighted by atomic mass is 15.3. The number of hydrogen-bond acceptors (Lipinski definition) is 5. The maximum absolute atomic E-state index is 8.76. The summed E-state index contributed by atoms with van der Waals surface area (Å²) >= 11 is 0. The molecule has 6 heteroatoms. The van der Waals surface area contributed by atoms with Crippen LogP contribution in [-0.2, 0) is 6.42 Å². The van der Waals surface area contributed by atoms with Crippen molar-refractivity contribution in [3.05, 3.63) is 23.8 Å². The minimum atomic E-state index is -0.343. The van der Waals surface area contributed by atoms with Crippen molar-refractivity contribution in [2.75, 3.05) is 23.9 Å². The molecule has 0 spiro atoms. The predicted octanol–water partition coefficient (Wildman–Crippen LogP) is 1.30. The Morgan fingerprint density at radius 2 is 2.37 bits per heavy atom. The smallest absolute Gasteiger partial charge is 0.201 e. The molecule has 1 aliphatic heterocycles. The van der Waals surface area contributed by atoms with Crippen LogP contribution in [0, 0.1) is 16.7 Å². The van der Waals surface area contributed by atoms with Crippen LogP contribution in [0.4, 0.5) is 11.4 Å². The molecule has 0 saturated heterocycles. The molecule has 0 bridgehead atoms. The number of nitriles is 1. The number of fused-ring (bicyclic) bond motifs is 1. The Balaban J connectivity index is 2.21. The molecule has 1 heterocycles. The lowest BCUT2D eigenvalue weighted by atomic mass is 10.0. The maximum atomic E-state index is 8.76. The van der Waals surface area contributed by atoms with Crippen molar-refractivity contribution in [2.45, 2.75) is 12.8 Å². The van der Waals surface area contributed by atoms with Crippen LogP contribution < -0.4 is 16.1 Å². The fourth-order valence-corrected chi connectivity index (χ4v) is 2.09. The lowest BCUT2D eigenvalue weighted by molar-refractivity contribution is 0.744. The number of aryl methyl sites for hydroxylation is 1. The molecule has 2 rings (SSSR count). The number of nitrogens with two attached hydrogens (primary N) is 1. The second-order valence-corrected chi connectivity index (χ2v) is 4.47. The molecule has 1 aromatic carbocycles. The van der Waals surface area contributed by atoms with E-state index in [1.165, 1.54) is 11.3 Å². The second kappa shape index (κ2) is 5.40. The number of nitrogens with one attached hydrogen (secondary N) is 2. The summed E-state index contributed by atoms with van der Waals surface area (Å²) in [6.07, 6.45) is 2.25. The summed E-state index contributed by atoms with van der Waals surface area (Å²) in [7, 11) is 2.06. The third-order valence-corrected chi connectivity index (χ3v) is 3.09. The lowest BCUT2D eigenvalue weighted by Gasteiger charge is -2.27. The van der Waals surface area contributed by atoms with Gasteiger partial charge in [-0.1, -0.05) is 6.07 Å². The summed E-state index contributed by atoms with van der Waals surface area (Å²) in [6, 6.07) is 7.74.